The minimum atomic E-state index is 0.00358. The van der Waals surface area contributed by atoms with E-state index < -0.39 is 0 Å². The van der Waals surface area contributed by atoms with Crippen LogP contribution in [-0.2, 0) is 13.1 Å². The van der Waals surface area contributed by atoms with Gasteiger partial charge in [0.25, 0.3) is 0 Å². The summed E-state index contributed by atoms with van der Waals surface area (Å²) in [7, 11) is 0. The fourth-order valence-electron chi connectivity index (χ4n) is 3.45. The summed E-state index contributed by atoms with van der Waals surface area (Å²) in [6, 6.07) is 14.2. The van der Waals surface area contributed by atoms with Gasteiger partial charge in [-0.25, -0.2) is 0 Å². The third-order valence-electron chi connectivity index (χ3n) is 4.61. The van der Waals surface area contributed by atoms with E-state index in [4.69, 9.17) is 16.6 Å². The van der Waals surface area contributed by atoms with E-state index in [1.807, 2.05) is 36.5 Å². The smallest absolute Gasteiger partial charge is 0.170 e. The van der Waals surface area contributed by atoms with Gasteiger partial charge in [0.15, 0.2) is 5.11 Å². The lowest BCUT2D eigenvalue weighted by Crippen LogP contribution is -2.29. The van der Waals surface area contributed by atoms with Gasteiger partial charge in [0.1, 0.15) is 5.76 Å². The molecular formula is C19H20N4OS. The molecule has 1 aliphatic rings. The molecule has 25 heavy (non-hydrogen) atoms. The molecule has 2 atom stereocenters. The lowest BCUT2D eigenvalue weighted by Gasteiger charge is -2.28. The molecule has 0 saturated carbocycles. The van der Waals surface area contributed by atoms with Crippen molar-refractivity contribution in [2.75, 3.05) is 0 Å². The lowest BCUT2D eigenvalue weighted by atomic mass is 10.0. The molecule has 1 fully saturated rings. The van der Waals surface area contributed by atoms with Crippen LogP contribution in [0.25, 0.3) is 0 Å². The summed E-state index contributed by atoms with van der Waals surface area (Å²) in [6.07, 6.45) is 5.63. The van der Waals surface area contributed by atoms with Crippen LogP contribution in [-0.4, -0.2) is 19.6 Å². The molecule has 0 radical (unpaired) electrons. The lowest BCUT2D eigenvalue weighted by molar-refractivity contribution is 0.276. The van der Waals surface area contributed by atoms with Crippen molar-refractivity contribution in [1.82, 2.24) is 19.8 Å². The Hall–Kier alpha value is -2.60. The summed E-state index contributed by atoms with van der Waals surface area (Å²) < 4.78 is 7.81. The summed E-state index contributed by atoms with van der Waals surface area (Å²) in [6.45, 7) is 3.69. The molecular weight excluding hydrogens is 332 g/mol. The zero-order valence-corrected chi connectivity index (χ0v) is 14.8. The highest BCUT2D eigenvalue weighted by Gasteiger charge is 2.41. The maximum Gasteiger partial charge on any atom is 0.170 e. The Labute approximate surface area is 152 Å². The number of rotatable bonds is 5. The van der Waals surface area contributed by atoms with Gasteiger partial charge in [0, 0.05) is 24.6 Å². The minimum Gasteiger partial charge on any atom is -0.467 e. The Balaban J connectivity index is 1.76. The van der Waals surface area contributed by atoms with E-state index in [0.29, 0.717) is 6.54 Å². The molecule has 0 bridgehead atoms. The Morgan fingerprint density at radius 3 is 2.84 bits per heavy atom. The van der Waals surface area contributed by atoms with E-state index in [1.54, 1.807) is 6.26 Å². The number of aryl methyl sites for hydroxylation is 1. The summed E-state index contributed by atoms with van der Waals surface area (Å²) in [5, 5.41) is 4.19. The Morgan fingerprint density at radius 1 is 1.20 bits per heavy atom. The number of furan rings is 1. The van der Waals surface area contributed by atoms with Gasteiger partial charge >= 0.3 is 0 Å². The van der Waals surface area contributed by atoms with Gasteiger partial charge in [-0.3, -0.25) is 4.98 Å². The third-order valence-corrected chi connectivity index (χ3v) is 4.96. The molecule has 6 heteroatoms. The highest BCUT2D eigenvalue weighted by Crippen LogP contribution is 2.39. The molecule has 0 unspecified atom stereocenters. The Morgan fingerprint density at radius 2 is 2.12 bits per heavy atom. The Kier molecular flexibility index (Phi) is 4.28. The molecule has 3 aromatic heterocycles. The molecule has 128 valence electrons. The van der Waals surface area contributed by atoms with Crippen molar-refractivity contribution < 1.29 is 4.42 Å². The number of pyridine rings is 1. The largest absolute Gasteiger partial charge is 0.467 e. The van der Waals surface area contributed by atoms with E-state index in [1.165, 1.54) is 5.69 Å². The zero-order valence-electron chi connectivity index (χ0n) is 14.0. The van der Waals surface area contributed by atoms with E-state index in [-0.39, 0.29) is 12.1 Å². The van der Waals surface area contributed by atoms with Crippen molar-refractivity contribution in [1.29, 1.82) is 0 Å². The summed E-state index contributed by atoms with van der Waals surface area (Å²) in [4.78, 5) is 6.75. The second-order valence-corrected chi connectivity index (χ2v) is 6.44. The van der Waals surface area contributed by atoms with E-state index in [9.17, 15) is 0 Å². The predicted molar refractivity (Wildman–Crippen MR) is 99.8 cm³/mol. The van der Waals surface area contributed by atoms with Crippen molar-refractivity contribution in [2.45, 2.75) is 32.1 Å². The molecule has 5 nitrogen and oxygen atoms in total. The number of nitrogens with zero attached hydrogens (tertiary/aromatic N) is 3. The van der Waals surface area contributed by atoms with Crippen LogP contribution in [0.15, 0.2) is 65.5 Å². The number of hydrogen-bond donors (Lipinski definition) is 1. The number of aromatic nitrogens is 2. The molecule has 0 aliphatic carbocycles. The van der Waals surface area contributed by atoms with Crippen LogP contribution >= 0.6 is 12.2 Å². The van der Waals surface area contributed by atoms with Crippen LogP contribution in [0, 0.1) is 0 Å². The first-order valence-corrected chi connectivity index (χ1v) is 8.84. The Bertz CT molecular complexity index is 843. The maximum absolute atomic E-state index is 5.66. The highest BCUT2D eigenvalue weighted by atomic mass is 32.1. The van der Waals surface area contributed by atoms with Gasteiger partial charge in [-0.05, 0) is 55.5 Å². The van der Waals surface area contributed by atoms with Crippen molar-refractivity contribution in [3.05, 3.63) is 78.3 Å². The van der Waals surface area contributed by atoms with Crippen LogP contribution in [0.2, 0.25) is 0 Å². The molecule has 1 N–H and O–H groups in total. The molecule has 1 aliphatic heterocycles. The monoisotopic (exact) mass is 352 g/mol. The maximum atomic E-state index is 5.66. The second kappa shape index (κ2) is 6.72. The molecule has 4 heterocycles. The van der Waals surface area contributed by atoms with Crippen molar-refractivity contribution in [2.24, 2.45) is 0 Å². The normalized spacial score (nSPS) is 20.0. The van der Waals surface area contributed by atoms with Crippen LogP contribution in [0.5, 0.6) is 0 Å². The fourth-order valence-corrected chi connectivity index (χ4v) is 3.76. The topological polar surface area (TPSA) is 46.2 Å². The van der Waals surface area contributed by atoms with Crippen molar-refractivity contribution in [3.63, 3.8) is 0 Å². The average Bonchev–Trinajstić information content (AvgIpc) is 3.37. The number of nitrogens with one attached hydrogen (secondary N) is 1. The third kappa shape index (κ3) is 2.93. The van der Waals surface area contributed by atoms with E-state index in [0.717, 1.165) is 23.1 Å². The molecule has 4 rings (SSSR count). The van der Waals surface area contributed by atoms with Crippen molar-refractivity contribution >= 4 is 17.3 Å². The molecule has 0 aromatic carbocycles. The van der Waals surface area contributed by atoms with Gasteiger partial charge in [-0.2, -0.15) is 0 Å². The number of thiocarbonyl (C=S) groups is 1. The first-order valence-electron chi connectivity index (χ1n) is 8.43. The summed E-state index contributed by atoms with van der Waals surface area (Å²) >= 11 is 5.66. The highest BCUT2D eigenvalue weighted by molar-refractivity contribution is 7.80. The fraction of sp³-hybridized carbons (Fsp3) is 0.263. The standard InChI is InChI=1S/C19H20N4OS/c1-2-22-11-5-9-16(22)18-17(15-8-3-4-10-20-15)21-19(25)23(18)13-14-7-6-12-24-14/h3-12,17-18H,2,13H2,1H3,(H,21,25)/t17-,18+/m0/s1. The van der Waals surface area contributed by atoms with Crippen molar-refractivity contribution in [3.8, 4) is 0 Å². The van der Waals surface area contributed by atoms with Gasteiger partial charge in [0.2, 0.25) is 0 Å². The molecule has 0 spiro atoms. The van der Waals surface area contributed by atoms with Gasteiger partial charge in [-0.15, -0.1) is 0 Å². The van der Waals surface area contributed by atoms with E-state index >= 15 is 0 Å². The summed E-state index contributed by atoms with van der Waals surface area (Å²) in [5.41, 5.74) is 2.21. The van der Waals surface area contributed by atoms with Crippen LogP contribution in [0.1, 0.15) is 36.2 Å². The van der Waals surface area contributed by atoms with Crippen LogP contribution in [0.3, 0.4) is 0 Å². The second-order valence-electron chi connectivity index (χ2n) is 6.05. The predicted octanol–water partition coefficient (Wildman–Crippen LogP) is 3.67. The minimum absolute atomic E-state index is 0.00358. The average molecular weight is 352 g/mol. The van der Waals surface area contributed by atoms with E-state index in [2.05, 4.69) is 45.0 Å². The first kappa shape index (κ1) is 15.9. The van der Waals surface area contributed by atoms with Gasteiger partial charge in [0.05, 0.1) is 30.6 Å². The number of hydrogen-bond acceptors (Lipinski definition) is 3. The molecule has 0 amide bonds. The molecule has 3 aromatic rings. The van der Waals surface area contributed by atoms with Gasteiger partial charge in [-0.1, -0.05) is 6.07 Å². The summed E-state index contributed by atoms with van der Waals surface area (Å²) in [5.74, 6) is 0.894. The van der Waals surface area contributed by atoms with Crippen LogP contribution < -0.4 is 5.32 Å². The zero-order chi connectivity index (χ0) is 17.2. The van der Waals surface area contributed by atoms with Crippen LogP contribution in [0.4, 0.5) is 0 Å². The quantitative estimate of drug-likeness (QED) is 0.710. The first-order chi connectivity index (χ1) is 12.3. The molecule has 1 saturated heterocycles. The van der Waals surface area contributed by atoms with Gasteiger partial charge < -0.3 is 19.2 Å². The SMILES string of the molecule is CCn1cccc1[C@@H]1[C@H](c2ccccn2)NC(=S)N1Cc1ccco1.